The minimum atomic E-state index is -4.05. The Morgan fingerprint density at radius 3 is 2.73 bits per heavy atom. The molecule has 1 saturated carbocycles. The SMILES string of the molecule is Cc1ccc(S(=O)(=O)Nc2ccccc2F)cc1C(=O)N1CCOC2CCCCC21. The second kappa shape index (κ2) is 8.35. The number of hydrogen-bond donors (Lipinski definition) is 1. The highest BCUT2D eigenvalue weighted by molar-refractivity contribution is 7.92. The average Bonchev–Trinajstić information content (AvgIpc) is 2.74. The van der Waals surface area contributed by atoms with Crippen LogP contribution in [-0.4, -0.2) is 44.5 Å². The normalized spacial score (nSPS) is 21.7. The van der Waals surface area contributed by atoms with Crippen LogP contribution in [-0.2, 0) is 14.8 Å². The Hall–Kier alpha value is -2.45. The molecule has 1 aliphatic heterocycles. The van der Waals surface area contributed by atoms with Crippen LogP contribution in [0.15, 0.2) is 47.4 Å². The highest BCUT2D eigenvalue weighted by atomic mass is 32.2. The Balaban J connectivity index is 1.63. The van der Waals surface area contributed by atoms with Gasteiger partial charge in [0, 0.05) is 12.1 Å². The number of ether oxygens (including phenoxy) is 1. The summed E-state index contributed by atoms with van der Waals surface area (Å²) in [4.78, 5) is 15.1. The van der Waals surface area contributed by atoms with E-state index < -0.39 is 15.8 Å². The van der Waals surface area contributed by atoms with Gasteiger partial charge >= 0.3 is 0 Å². The number of sulfonamides is 1. The van der Waals surface area contributed by atoms with Crippen molar-refractivity contribution >= 4 is 21.6 Å². The molecule has 160 valence electrons. The predicted octanol–water partition coefficient (Wildman–Crippen LogP) is 3.72. The summed E-state index contributed by atoms with van der Waals surface area (Å²) in [7, 11) is -4.05. The number of benzene rings is 2. The first-order chi connectivity index (χ1) is 14.4. The van der Waals surface area contributed by atoms with Gasteiger partial charge in [-0.05, 0) is 49.6 Å². The van der Waals surface area contributed by atoms with Gasteiger partial charge < -0.3 is 9.64 Å². The van der Waals surface area contributed by atoms with Gasteiger partial charge in [-0.2, -0.15) is 0 Å². The van der Waals surface area contributed by atoms with Crippen LogP contribution in [0.3, 0.4) is 0 Å². The maximum atomic E-state index is 13.9. The van der Waals surface area contributed by atoms with E-state index >= 15 is 0 Å². The smallest absolute Gasteiger partial charge is 0.262 e. The lowest BCUT2D eigenvalue weighted by Crippen LogP contribution is -2.54. The van der Waals surface area contributed by atoms with Crippen molar-refractivity contribution in [1.29, 1.82) is 0 Å². The molecule has 1 N–H and O–H groups in total. The lowest BCUT2D eigenvalue weighted by Gasteiger charge is -2.44. The van der Waals surface area contributed by atoms with Gasteiger partial charge in [0.05, 0.1) is 29.3 Å². The van der Waals surface area contributed by atoms with Crippen LogP contribution in [0.2, 0.25) is 0 Å². The number of nitrogens with zero attached hydrogens (tertiary/aromatic N) is 1. The number of amides is 1. The Kier molecular flexibility index (Phi) is 5.79. The van der Waals surface area contributed by atoms with Crippen molar-refractivity contribution < 1.29 is 22.3 Å². The number of carbonyl (C=O) groups excluding carboxylic acids is 1. The van der Waals surface area contributed by atoms with Crippen LogP contribution >= 0.6 is 0 Å². The summed E-state index contributed by atoms with van der Waals surface area (Å²) in [5.41, 5.74) is 0.908. The fourth-order valence-corrected chi connectivity index (χ4v) is 5.34. The topological polar surface area (TPSA) is 75.7 Å². The summed E-state index contributed by atoms with van der Waals surface area (Å²) in [5, 5.41) is 0. The van der Waals surface area contributed by atoms with Gasteiger partial charge in [0.15, 0.2) is 0 Å². The molecule has 1 amide bonds. The monoisotopic (exact) mass is 432 g/mol. The lowest BCUT2D eigenvalue weighted by atomic mass is 9.89. The van der Waals surface area contributed by atoms with Crippen molar-refractivity contribution in [2.75, 3.05) is 17.9 Å². The van der Waals surface area contributed by atoms with E-state index in [-0.39, 0.29) is 28.6 Å². The van der Waals surface area contributed by atoms with E-state index in [0.29, 0.717) is 24.3 Å². The zero-order valence-electron chi connectivity index (χ0n) is 16.8. The second-order valence-corrected chi connectivity index (χ2v) is 9.50. The zero-order valence-corrected chi connectivity index (χ0v) is 17.6. The first-order valence-electron chi connectivity index (χ1n) is 10.2. The molecule has 6 nitrogen and oxygen atoms in total. The van der Waals surface area contributed by atoms with Gasteiger partial charge in [-0.1, -0.05) is 31.0 Å². The van der Waals surface area contributed by atoms with E-state index in [2.05, 4.69) is 4.72 Å². The van der Waals surface area contributed by atoms with Crippen LogP contribution in [0.5, 0.6) is 0 Å². The molecular weight excluding hydrogens is 407 g/mol. The molecule has 30 heavy (non-hydrogen) atoms. The van der Waals surface area contributed by atoms with Crippen LogP contribution in [0.4, 0.5) is 10.1 Å². The molecular formula is C22H25FN2O4S. The first kappa shape index (κ1) is 20.8. The summed E-state index contributed by atoms with van der Waals surface area (Å²) in [5.74, 6) is -0.850. The van der Waals surface area contributed by atoms with Crippen LogP contribution in [0.1, 0.15) is 41.6 Å². The Labute approximate surface area is 176 Å². The molecule has 2 aromatic carbocycles. The summed E-state index contributed by atoms with van der Waals surface area (Å²) < 4.78 is 47.7. The maximum Gasteiger partial charge on any atom is 0.262 e. The molecule has 1 heterocycles. The number of rotatable bonds is 4. The molecule has 2 unspecified atom stereocenters. The molecule has 1 saturated heterocycles. The van der Waals surface area contributed by atoms with Gasteiger partial charge in [0.1, 0.15) is 5.82 Å². The van der Waals surface area contributed by atoms with Crippen molar-refractivity contribution in [2.24, 2.45) is 0 Å². The molecule has 0 radical (unpaired) electrons. The van der Waals surface area contributed by atoms with E-state index in [1.54, 1.807) is 19.1 Å². The molecule has 2 fully saturated rings. The van der Waals surface area contributed by atoms with Crippen molar-refractivity contribution in [3.63, 3.8) is 0 Å². The van der Waals surface area contributed by atoms with Crippen LogP contribution in [0.25, 0.3) is 0 Å². The van der Waals surface area contributed by atoms with E-state index in [1.165, 1.54) is 30.3 Å². The van der Waals surface area contributed by atoms with Gasteiger partial charge in [0.25, 0.3) is 15.9 Å². The van der Waals surface area contributed by atoms with E-state index in [9.17, 15) is 17.6 Å². The molecule has 2 aromatic rings. The standard InChI is InChI=1S/C22H25FN2O4S/c1-15-10-11-16(30(27,28)24-19-7-3-2-6-18(19)23)14-17(15)22(26)25-12-13-29-21-9-5-4-8-20(21)25/h2-3,6-7,10-11,14,20-21,24H,4-5,8-9,12-13H2,1H3. The number of nitrogens with one attached hydrogen (secondary N) is 1. The largest absolute Gasteiger partial charge is 0.374 e. The van der Waals surface area contributed by atoms with Gasteiger partial charge in [0.2, 0.25) is 0 Å². The van der Waals surface area contributed by atoms with Gasteiger partial charge in [-0.15, -0.1) is 0 Å². The van der Waals surface area contributed by atoms with Crippen molar-refractivity contribution in [3.8, 4) is 0 Å². The molecule has 4 rings (SSSR count). The van der Waals surface area contributed by atoms with Crippen molar-refractivity contribution in [3.05, 3.63) is 59.4 Å². The van der Waals surface area contributed by atoms with E-state index in [0.717, 1.165) is 25.7 Å². The first-order valence-corrected chi connectivity index (χ1v) is 11.7. The molecule has 0 spiro atoms. The van der Waals surface area contributed by atoms with Gasteiger partial charge in [-0.25, -0.2) is 12.8 Å². The number of fused-ring (bicyclic) bond motifs is 1. The fourth-order valence-electron chi connectivity index (χ4n) is 4.25. The Bertz CT molecular complexity index is 1050. The summed E-state index contributed by atoms with van der Waals surface area (Å²) in [6, 6.07) is 10.0. The molecule has 2 atom stereocenters. The zero-order chi connectivity index (χ0) is 21.3. The summed E-state index contributed by atoms with van der Waals surface area (Å²) >= 11 is 0. The number of morpholine rings is 1. The van der Waals surface area contributed by atoms with Gasteiger partial charge in [-0.3, -0.25) is 9.52 Å². The third kappa shape index (κ3) is 4.06. The number of anilines is 1. The van der Waals surface area contributed by atoms with Crippen molar-refractivity contribution in [2.45, 2.75) is 49.6 Å². The molecule has 2 aliphatic rings. The van der Waals surface area contributed by atoms with Crippen LogP contribution < -0.4 is 4.72 Å². The molecule has 0 bridgehead atoms. The maximum absolute atomic E-state index is 13.9. The number of halogens is 1. The van der Waals surface area contributed by atoms with Crippen LogP contribution in [0, 0.1) is 12.7 Å². The highest BCUT2D eigenvalue weighted by Gasteiger charge is 2.37. The third-order valence-corrected chi connectivity index (χ3v) is 7.22. The fraction of sp³-hybridized carbons (Fsp3) is 0.409. The number of para-hydroxylation sites is 1. The Morgan fingerprint density at radius 1 is 1.17 bits per heavy atom. The minimum Gasteiger partial charge on any atom is -0.374 e. The predicted molar refractivity (Wildman–Crippen MR) is 111 cm³/mol. The highest BCUT2D eigenvalue weighted by Crippen LogP contribution is 2.30. The summed E-state index contributed by atoms with van der Waals surface area (Å²) in [6.45, 7) is 2.76. The van der Waals surface area contributed by atoms with E-state index in [4.69, 9.17) is 4.74 Å². The minimum absolute atomic E-state index is 0.0243. The summed E-state index contributed by atoms with van der Waals surface area (Å²) in [6.07, 6.45) is 4.02. The number of carbonyl (C=O) groups is 1. The number of aryl methyl sites for hydroxylation is 1. The molecule has 0 aromatic heterocycles. The van der Waals surface area contributed by atoms with E-state index in [1.807, 2.05) is 4.90 Å². The second-order valence-electron chi connectivity index (χ2n) is 7.82. The quantitative estimate of drug-likeness (QED) is 0.799. The lowest BCUT2D eigenvalue weighted by molar-refractivity contribution is -0.0753. The molecule has 1 aliphatic carbocycles. The molecule has 8 heteroatoms. The third-order valence-electron chi connectivity index (χ3n) is 5.86. The number of hydrogen-bond acceptors (Lipinski definition) is 4. The Morgan fingerprint density at radius 2 is 1.93 bits per heavy atom. The van der Waals surface area contributed by atoms with Crippen molar-refractivity contribution in [1.82, 2.24) is 4.90 Å². The average molecular weight is 433 g/mol.